The lowest BCUT2D eigenvalue weighted by Gasteiger charge is -2.11. The van der Waals surface area contributed by atoms with Gasteiger partial charge in [0.15, 0.2) is 11.6 Å². The summed E-state index contributed by atoms with van der Waals surface area (Å²) in [5.74, 6) is 1.23. The van der Waals surface area contributed by atoms with Crippen molar-refractivity contribution in [3.8, 4) is 17.3 Å². The van der Waals surface area contributed by atoms with Crippen LogP contribution in [-0.4, -0.2) is 26.1 Å². The minimum atomic E-state index is 0.410. The largest absolute Gasteiger partial charge is 0.489 e. The molecule has 0 aliphatic heterocycles. The Morgan fingerprint density at radius 2 is 1.86 bits per heavy atom. The molecule has 2 heterocycles. The molecule has 112 valence electrons. The van der Waals surface area contributed by atoms with Crippen LogP contribution in [0.15, 0.2) is 49.2 Å². The first-order chi connectivity index (χ1) is 10.8. The molecule has 5 nitrogen and oxygen atoms in total. The molecule has 0 aliphatic carbocycles. The van der Waals surface area contributed by atoms with E-state index in [1.54, 1.807) is 43.0 Å². The van der Waals surface area contributed by atoms with Crippen molar-refractivity contribution in [1.29, 1.82) is 0 Å². The predicted molar refractivity (Wildman–Crippen MR) is 85.2 cm³/mol. The van der Waals surface area contributed by atoms with Gasteiger partial charge in [0.25, 0.3) is 0 Å². The zero-order chi connectivity index (χ0) is 15.4. The number of halogens is 2. The molecule has 0 N–H and O–H groups in total. The summed E-state index contributed by atoms with van der Waals surface area (Å²) in [4.78, 5) is 12.6. The highest BCUT2D eigenvalue weighted by Gasteiger charge is 2.09. The second-order valence-electron chi connectivity index (χ2n) is 4.43. The molecule has 22 heavy (non-hydrogen) atoms. The molecule has 1 aromatic carbocycles. The van der Waals surface area contributed by atoms with E-state index in [0.717, 1.165) is 5.82 Å². The molecule has 7 heteroatoms. The zero-order valence-electron chi connectivity index (χ0n) is 11.5. The second-order valence-corrected chi connectivity index (χ2v) is 5.25. The van der Waals surface area contributed by atoms with E-state index in [1.807, 2.05) is 10.8 Å². The maximum Gasteiger partial charge on any atom is 0.160 e. The molecule has 0 aliphatic rings. The summed E-state index contributed by atoms with van der Waals surface area (Å²) in [5.41, 5.74) is 0.711. The van der Waals surface area contributed by atoms with Crippen LogP contribution in [0, 0.1) is 0 Å². The first kappa shape index (κ1) is 14.8. The number of rotatable bonds is 5. The fourth-order valence-electron chi connectivity index (χ4n) is 2.00. The molecule has 0 spiro atoms. The maximum atomic E-state index is 6.07. The Morgan fingerprint density at radius 3 is 2.59 bits per heavy atom. The number of benzene rings is 1. The minimum Gasteiger partial charge on any atom is -0.489 e. The molecule has 0 unspecified atom stereocenters. The van der Waals surface area contributed by atoms with Gasteiger partial charge in [0.05, 0.1) is 22.8 Å². The second kappa shape index (κ2) is 6.77. The van der Waals surface area contributed by atoms with Crippen LogP contribution in [0.4, 0.5) is 0 Å². The van der Waals surface area contributed by atoms with E-state index in [1.165, 1.54) is 0 Å². The van der Waals surface area contributed by atoms with Crippen LogP contribution >= 0.6 is 23.2 Å². The van der Waals surface area contributed by atoms with Crippen LogP contribution in [0.5, 0.6) is 5.75 Å². The van der Waals surface area contributed by atoms with Crippen molar-refractivity contribution >= 4 is 23.2 Å². The quantitative estimate of drug-likeness (QED) is 0.713. The third-order valence-electron chi connectivity index (χ3n) is 3.01. The summed E-state index contributed by atoms with van der Waals surface area (Å²) < 4.78 is 7.62. The molecule has 0 radical (unpaired) electrons. The van der Waals surface area contributed by atoms with E-state index in [9.17, 15) is 0 Å². The van der Waals surface area contributed by atoms with Crippen LogP contribution in [0.3, 0.4) is 0 Å². The Kier molecular flexibility index (Phi) is 4.56. The number of para-hydroxylation sites is 1. The molecule has 2 aromatic heterocycles. The van der Waals surface area contributed by atoms with Gasteiger partial charge in [-0.3, -0.25) is 4.98 Å². The van der Waals surface area contributed by atoms with Crippen molar-refractivity contribution in [2.24, 2.45) is 0 Å². The highest BCUT2D eigenvalue weighted by Crippen LogP contribution is 2.32. The maximum absolute atomic E-state index is 6.07. The van der Waals surface area contributed by atoms with Crippen molar-refractivity contribution < 1.29 is 4.74 Å². The van der Waals surface area contributed by atoms with E-state index in [-0.39, 0.29) is 0 Å². The molecule has 0 saturated carbocycles. The number of imidazole rings is 1. The normalized spacial score (nSPS) is 10.6. The molecule has 0 fully saturated rings. The Labute approximate surface area is 137 Å². The first-order valence-electron chi connectivity index (χ1n) is 6.60. The van der Waals surface area contributed by atoms with E-state index in [2.05, 4.69) is 15.0 Å². The number of hydrogen-bond acceptors (Lipinski definition) is 4. The summed E-state index contributed by atoms with van der Waals surface area (Å²) in [6.45, 7) is 1.00. The van der Waals surface area contributed by atoms with E-state index >= 15 is 0 Å². The van der Waals surface area contributed by atoms with Gasteiger partial charge in [-0.15, -0.1) is 0 Å². The SMILES string of the molecule is Clc1cccc(Cl)c1OCCn1ccnc1-c1cnccn1. The number of nitrogens with zero attached hydrogens (tertiary/aromatic N) is 4. The van der Waals surface area contributed by atoms with Gasteiger partial charge >= 0.3 is 0 Å². The molecule has 0 bridgehead atoms. The van der Waals surface area contributed by atoms with Crippen LogP contribution in [0.25, 0.3) is 11.5 Å². The summed E-state index contributed by atoms with van der Waals surface area (Å²) in [6.07, 6.45) is 8.51. The third-order valence-corrected chi connectivity index (χ3v) is 3.60. The summed E-state index contributed by atoms with van der Waals surface area (Å²) >= 11 is 12.1. The standard InChI is InChI=1S/C15H12Cl2N4O/c16-11-2-1-3-12(17)14(11)22-9-8-21-7-6-20-15(21)13-10-18-4-5-19-13/h1-7,10H,8-9H2. The van der Waals surface area contributed by atoms with Gasteiger partial charge in [-0.05, 0) is 12.1 Å². The summed E-state index contributed by atoms with van der Waals surface area (Å²) in [5, 5.41) is 0.986. The van der Waals surface area contributed by atoms with Gasteiger partial charge in [-0.2, -0.15) is 0 Å². The van der Waals surface area contributed by atoms with Crippen molar-refractivity contribution in [3.05, 3.63) is 59.2 Å². The molecule has 3 rings (SSSR count). The summed E-state index contributed by atoms with van der Waals surface area (Å²) in [7, 11) is 0. The van der Waals surface area contributed by atoms with Gasteiger partial charge in [0.2, 0.25) is 0 Å². The fourth-order valence-corrected chi connectivity index (χ4v) is 2.51. The van der Waals surface area contributed by atoms with Crippen LogP contribution in [-0.2, 0) is 6.54 Å². The Morgan fingerprint density at radius 1 is 1.05 bits per heavy atom. The van der Waals surface area contributed by atoms with E-state index < -0.39 is 0 Å². The number of aromatic nitrogens is 4. The van der Waals surface area contributed by atoms with Gasteiger partial charge in [0, 0.05) is 24.8 Å². The van der Waals surface area contributed by atoms with Gasteiger partial charge in [0.1, 0.15) is 12.3 Å². The van der Waals surface area contributed by atoms with Crippen LogP contribution in [0.1, 0.15) is 0 Å². The Bertz CT molecular complexity index is 741. The molecular formula is C15H12Cl2N4O. The average molecular weight is 335 g/mol. The average Bonchev–Trinajstić information content (AvgIpc) is 2.99. The van der Waals surface area contributed by atoms with E-state index in [0.29, 0.717) is 34.6 Å². The zero-order valence-corrected chi connectivity index (χ0v) is 13.0. The monoisotopic (exact) mass is 334 g/mol. The van der Waals surface area contributed by atoms with E-state index in [4.69, 9.17) is 27.9 Å². The van der Waals surface area contributed by atoms with Crippen molar-refractivity contribution in [2.45, 2.75) is 6.54 Å². The lowest BCUT2D eigenvalue weighted by molar-refractivity contribution is 0.299. The van der Waals surface area contributed by atoms with Crippen molar-refractivity contribution in [1.82, 2.24) is 19.5 Å². The topological polar surface area (TPSA) is 52.8 Å². The molecule has 0 amide bonds. The van der Waals surface area contributed by atoms with Gasteiger partial charge in [-0.25, -0.2) is 9.97 Å². The summed E-state index contributed by atoms with van der Waals surface area (Å²) in [6, 6.07) is 5.26. The fraction of sp³-hybridized carbons (Fsp3) is 0.133. The van der Waals surface area contributed by atoms with Gasteiger partial charge < -0.3 is 9.30 Å². The Hall–Kier alpha value is -2.11. The highest BCUT2D eigenvalue weighted by molar-refractivity contribution is 6.37. The van der Waals surface area contributed by atoms with Crippen molar-refractivity contribution in [2.75, 3.05) is 6.61 Å². The minimum absolute atomic E-state index is 0.410. The third kappa shape index (κ3) is 3.21. The Balaban J connectivity index is 1.70. The number of ether oxygens (including phenoxy) is 1. The van der Waals surface area contributed by atoms with Gasteiger partial charge in [-0.1, -0.05) is 29.3 Å². The van der Waals surface area contributed by atoms with Crippen LogP contribution in [0.2, 0.25) is 10.0 Å². The smallest absolute Gasteiger partial charge is 0.160 e. The molecule has 0 atom stereocenters. The molecule has 3 aromatic rings. The van der Waals surface area contributed by atoms with Crippen LogP contribution < -0.4 is 4.74 Å². The molecule has 0 saturated heterocycles. The molecular weight excluding hydrogens is 323 g/mol. The lowest BCUT2D eigenvalue weighted by atomic mass is 10.3. The van der Waals surface area contributed by atoms with Crippen molar-refractivity contribution in [3.63, 3.8) is 0 Å². The first-order valence-corrected chi connectivity index (χ1v) is 7.35. The number of hydrogen-bond donors (Lipinski definition) is 0. The highest BCUT2D eigenvalue weighted by atomic mass is 35.5. The lowest BCUT2D eigenvalue weighted by Crippen LogP contribution is -2.09. The predicted octanol–water partition coefficient (Wildman–Crippen LogP) is 3.73.